The van der Waals surface area contributed by atoms with Crippen LogP contribution in [0.15, 0.2) is 83.7 Å². The number of carbonyl (C=O) groups is 2. The fraction of sp³-hybridized carbons (Fsp3) is 0.425. The summed E-state index contributed by atoms with van der Waals surface area (Å²) in [4.78, 5) is 42.3. The van der Waals surface area contributed by atoms with Gasteiger partial charge >= 0.3 is 12.1 Å². The van der Waals surface area contributed by atoms with E-state index in [1.54, 1.807) is 18.2 Å². The number of esters is 1. The molecule has 3 fully saturated rings. The number of carbonyl (C=O) groups excluding carboxylic acids is 2. The van der Waals surface area contributed by atoms with Crippen LogP contribution in [0.25, 0.3) is 10.9 Å². The largest absolute Gasteiger partial charge is 0.506 e. The topological polar surface area (TPSA) is 162 Å². The number of phenols is 1. The normalized spacial score (nSPS) is 19.8. The summed E-state index contributed by atoms with van der Waals surface area (Å²) in [5, 5.41) is 27.9. The molecule has 12 heteroatoms. The summed E-state index contributed by atoms with van der Waals surface area (Å²) in [6, 6.07) is 22.7. The molecule has 4 aromatic rings. The van der Waals surface area contributed by atoms with Gasteiger partial charge in [-0.1, -0.05) is 48.5 Å². The van der Waals surface area contributed by atoms with E-state index in [0.717, 1.165) is 56.4 Å². The number of nitrogens with zero attached hydrogens (tertiary/aromatic N) is 1. The molecule has 0 radical (unpaired) electrons. The van der Waals surface area contributed by atoms with Crippen molar-refractivity contribution in [1.29, 1.82) is 0 Å². The van der Waals surface area contributed by atoms with Crippen molar-refractivity contribution in [3.63, 3.8) is 0 Å². The highest BCUT2D eigenvalue weighted by molar-refractivity contribution is 5.87. The van der Waals surface area contributed by atoms with Gasteiger partial charge in [-0.3, -0.25) is 9.69 Å². The number of pyridine rings is 1. The average molecular weight is 713 g/mol. The van der Waals surface area contributed by atoms with E-state index < -0.39 is 24.2 Å². The number of nitrogens with one attached hydrogen (secondary N) is 3. The van der Waals surface area contributed by atoms with Crippen LogP contribution < -0.4 is 20.9 Å². The Morgan fingerprint density at radius 3 is 2.54 bits per heavy atom. The molecule has 1 aromatic heterocycles. The summed E-state index contributed by atoms with van der Waals surface area (Å²) in [7, 11) is 0. The fourth-order valence-electron chi connectivity index (χ4n) is 7.12. The molecule has 7 rings (SSSR count). The second-order valence-electron chi connectivity index (χ2n) is 13.8. The molecule has 0 aliphatic carbocycles. The monoisotopic (exact) mass is 712 g/mol. The number of aromatic hydroxyl groups is 1. The molecule has 3 aromatic carbocycles. The minimum absolute atomic E-state index is 0.0500. The Morgan fingerprint density at radius 1 is 0.981 bits per heavy atom. The lowest BCUT2D eigenvalue weighted by Gasteiger charge is -2.43. The number of piperidine rings is 3. The molecule has 0 saturated carbocycles. The number of rotatable bonds is 16. The van der Waals surface area contributed by atoms with Crippen LogP contribution in [-0.4, -0.2) is 83.7 Å². The number of H-pyrrole nitrogens is 1. The van der Waals surface area contributed by atoms with Crippen LogP contribution in [0.2, 0.25) is 0 Å². The highest BCUT2D eigenvalue weighted by atomic mass is 16.6. The number of alkyl carbamates (subject to hydrolysis) is 1. The Bertz CT molecular complexity index is 1860. The molecule has 4 atom stereocenters. The summed E-state index contributed by atoms with van der Waals surface area (Å²) in [5.41, 5.74) is 2.27. The van der Waals surface area contributed by atoms with E-state index in [9.17, 15) is 24.6 Å². The Hall–Kier alpha value is -4.91. The molecule has 5 N–H and O–H groups in total. The van der Waals surface area contributed by atoms with E-state index >= 15 is 0 Å². The van der Waals surface area contributed by atoms with Gasteiger partial charge in [-0.2, -0.15) is 0 Å². The van der Waals surface area contributed by atoms with E-state index in [1.165, 1.54) is 12.1 Å². The number of unbranched alkanes of at least 4 members (excludes halogenated alkanes) is 1. The number of fused-ring (bicyclic) bond motifs is 4. The fourth-order valence-corrected chi connectivity index (χ4v) is 7.12. The number of aliphatic hydroxyl groups is 1. The summed E-state index contributed by atoms with van der Waals surface area (Å²) in [6.07, 6.45) is 3.00. The number of ether oxygens (including phenoxy) is 3. The standard InChI is InChI=1S/C40H48N4O8/c1-26(41-23-34(46)31-13-15-33(45)39-32(31)14-16-36(47)42-39)8-5-6-21-50-37(48)25-51-30-12-7-11-29(22-30)38(28-9-3-2-4-10-28)43-40(49)52-35-24-44-19-17-27(35)18-20-44/h2-4,7,9-16,22,26-27,34-35,38,41,45-46H,5-6,8,17-21,23-25H2,1H3,(H,42,47)(H,43,49)/t26?,34-,35+,38?/m1/s1. The molecule has 2 bridgehead atoms. The van der Waals surface area contributed by atoms with Crippen LogP contribution in [0.3, 0.4) is 0 Å². The molecule has 4 heterocycles. The molecule has 3 aliphatic heterocycles. The molecule has 3 saturated heterocycles. The van der Waals surface area contributed by atoms with Crippen molar-refractivity contribution in [3.8, 4) is 11.5 Å². The van der Waals surface area contributed by atoms with E-state index in [4.69, 9.17) is 14.2 Å². The van der Waals surface area contributed by atoms with Gasteiger partial charge in [0.25, 0.3) is 0 Å². The Labute approximate surface area is 303 Å². The number of phenolic OH excluding ortho intramolecular Hbond substituents is 1. The number of aromatic nitrogens is 1. The van der Waals surface area contributed by atoms with Crippen molar-refractivity contribution >= 4 is 23.0 Å². The molecule has 1 amide bonds. The highest BCUT2D eigenvalue weighted by Gasteiger charge is 2.37. The summed E-state index contributed by atoms with van der Waals surface area (Å²) in [5.74, 6) is 0.370. The second-order valence-corrected chi connectivity index (χ2v) is 13.8. The number of hydrogen-bond donors (Lipinski definition) is 5. The number of aromatic amines is 1. The molecule has 52 heavy (non-hydrogen) atoms. The molecular formula is C40H48N4O8. The van der Waals surface area contributed by atoms with Gasteiger partial charge in [0.15, 0.2) is 6.61 Å². The maximum atomic E-state index is 13.1. The van der Waals surface area contributed by atoms with Crippen LogP contribution in [0, 0.1) is 5.92 Å². The number of hydrogen-bond acceptors (Lipinski definition) is 10. The summed E-state index contributed by atoms with van der Waals surface area (Å²) in [6.45, 7) is 5.24. The maximum Gasteiger partial charge on any atom is 0.408 e. The van der Waals surface area contributed by atoms with Crippen molar-refractivity contribution in [2.24, 2.45) is 5.92 Å². The van der Waals surface area contributed by atoms with Crippen molar-refractivity contribution in [2.75, 3.05) is 39.4 Å². The summed E-state index contributed by atoms with van der Waals surface area (Å²) < 4.78 is 17.1. The predicted molar refractivity (Wildman–Crippen MR) is 196 cm³/mol. The Morgan fingerprint density at radius 2 is 1.77 bits per heavy atom. The maximum absolute atomic E-state index is 13.1. The highest BCUT2D eigenvalue weighted by Crippen LogP contribution is 2.31. The molecule has 2 unspecified atom stereocenters. The number of benzene rings is 3. The Balaban J connectivity index is 0.918. The van der Waals surface area contributed by atoms with Crippen LogP contribution >= 0.6 is 0 Å². The molecular weight excluding hydrogens is 664 g/mol. The van der Waals surface area contributed by atoms with Crippen LogP contribution in [0.5, 0.6) is 11.5 Å². The third kappa shape index (κ3) is 9.69. The van der Waals surface area contributed by atoms with Crippen LogP contribution in [-0.2, 0) is 14.3 Å². The Kier molecular flexibility index (Phi) is 12.4. The van der Waals surface area contributed by atoms with Crippen molar-refractivity contribution in [2.45, 2.75) is 63.3 Å². The van der Waals surface area contributed by atoms with Crippen LogP contribution in [0.1, 0.15) is 67.9 Å². The smallest absolute Gasteiger partial charge is 0.408 e. The first-order valence-electron chi connectivity index (χ1n) is 18.1. The zero-order valence-electron chi connectivity index (χ0n) is 29.5. The van der Waals surface area contributed by atoms with Gasteiger partial charge in [0.1, 0.15) is 17.6 Å². The molecule has 276 valence electrons. The van der Waals surface area contributed by atoms with E-state index in [2.05, 4.69) is 20.5 Å². The van der Waals surface area contributed by atoms with Gasteiger partial charge in [-0.15, -0.1) is 0 Å². The molecule has 12 nitrogen and oxygen atoms in total. The lowest BCUT2D eigenvalue weighted by atomic mass is 9.86. The average Bonchev–Trinajstić information content (AvgIpc) is 3.16. The predicted octanol–water partition coefficient (Wildman–Crippen LogP) is 4.95. The molecule has 3 aliphatic rings. The van der Waals surface area contributed by atoms with Crippen LogP contribution in [0.4, 0.5) is 4.79 Å². The van der Waals surface area contributed by atoms with Crippen molar-refractivity contribution in [3.05, 3.63) is 106 Å². The van der Waals surface area contributed by atoms with Crippen molar-refractivity contribution in [1.82, 2.24) is 20.5 Å². The van der Waals surface area contributed by atoms with Crippen molar-refractivity contribution < 1.29 is 34.0 Å². The first-order valence-corrected chi connectivity index (χ1v) is 18.1. The number of amides is 1. The zero-order valence-corrected chi connectivity index (χ0v) is 29.5. The van der Waals surface area contributed by atoms with Gasteiger partial charge in [0.05, 0.1) is 24.3 Å². The third-order valence-corrected chi connectivity index (χ3v) is 10.0. The van der Waals surface area contributed by atoms with Gasteiger partial charge in [-0.25, -0.2) is 9.59 Å². The van der Waals surface area contributed by atoms with Gasteiger partial charge in [-0.05, 0) is 99.0 Å². The lowest BCUT2D eigenvalue weighted by molar-refractivity contribution is -0.146. The second kappa shape index (κ2) is 17.5. The first kappa shape index (κ1) is 36.9. The minimum Gasteiger partial charge on any atom is -0.506 e. The molecule has 0 spiro atoms. The lowest BCUT2D eigenvalue weighted by Crippen LogP contribution is -2.52. The zero-order chi connectivity index (χ0) is 36.5. The minimum atomic E-state index is -0.838. The van der Waals surface area contributed by atoms with Gasteiger partial charge < -0.3 is 40.0 Å². The van der Waals surface area contributed by atoms with Gasteiger partial charge in [0, 0.05) is 30.6 Å². The summed E-state index contributed by atoms with van der Waals surface area (Å²) >= 11 is 0. The number of aliphatic hydroxyl groups excluding tert-OH is 1. The SMILES string of the molecule is CC(CCCCOC(=O)COc1cccc(C(NC(=O)O[C@H]2CN3CCC2CC3)c2ccccc2)c1)NC[C@@H](O)c1ccc(O)c2[nH]c(=O)ccc12. The van der Waals surface area contributed by atoms with Gasteiger partial charge in [0.2, 0.25) is 5.56 Å². The quantitative estimate of drug-likeness (QED) is 0.0794. The van der Waals surface area contributed by atoms with E-state index in [-0.39, 0.29) is 36.7 Å². The third-order valence-electron chi connectivity index (χ3n) is 10.0. The first-order chi connectivity index (χ1) is 25.2. The van der Waals surface area contributed by atoms with E-state index in [1.807, 2.05) is 55.5 Å². The van der Waals surface area contributed by atoms with E-state index in [0.29, 0.717) is 41.1 Å².